The zero-order valence-corrected chi connectivity index (χ0v) is 29.8. The van der Waals surface area contributed by atoms with Crippen molar-refractivity contribution in [3.63, 3.8) is 0 Å². The fourth-order valence-corrected chi connectivity index (χ4v) is 9.11. The van der Waals surface area contributed by atoms with Crippen LogP contribution in [0.1, 0.15) is 0 Å². The summed E-state index contributed by atoms with van der Waals surface area (Å²) in [7, 11) is 0. The zero-order chi connectivity index (χ0) is 35.6. The number of hydrogen-bond acceptors (Lipinski definition) is 4. The standard InChI is InChI=1S/C49H30N4S/c1-4-13-31(14-5-1)35-24-28-44-42(29-35)40-26-25-39-41-30-36(38-22-12-20-32-15-10-11-21-37(32)38)23-27-43(41)53(45(39)46(40)54-44)49-51-47(33-16-6-2-7-17-33)50-48(52-49)34-18-8-3-9-19-34/h1-30H. The van der Waals surface area contributed by atoms with Crippen molar-refractivity contribution < 1.29 is 0 Å². The average molecular weight is 707 g/mol. The summed E-state index contributed by atoms with van der Waals surface area (Å²) in [4.78, 5) is 15.5. The van der Waals surface area contributed by atoms with E-state index in [0.717, 1.165) is 32.9 Å². The predicted molar refractivity (Wildman–Crippen MR) is 226 cm³/mol. The zero-order valence-electron chi connectivity index (χ0n) is 29.0. The molecule has 11 rings (SSSR count). The van der Waals surface area contributed by atoms with Crippen LogP contribution < -0.4 is 0 Å². The minimum atomic E-state index is 0.593. The SMILES string of the molecule is c1ccc(-c2ccc3sc4c(ccc5c6cc(-c7cccc8ccccc78)ccc6n(-c6nc(-c7ccccc7)nc(-c7ccccc7)n6)c54)c3c2)cc1. The van der Waals surface area contributed by atoms with Crippen molar-refractivity contribution in [2.75, 3.05) is 0 Å². The van der Waals surface area contributed by atoms with Gasteiger partial charge in [-0.25, -0.2) is 4.98 Å². The van der Waals surface area contributed by atoms with Crippen LogP contribution in [0.25, 0.3) is 104 Å². The molecule has 0 bridgehead atoms. The number of hydrogen-bond donors (Lipinski definition) is 0. The molecule has 0 saturated heterocycles. The molecule has 0 atom stereocenters. The molecule has 0 unspecified atom stereocenters. The van der Waals surface area contributed by atoms with Gasteiger partial charge in [0.05, 0.1) is 15.7 Å². The van der Waals surface area contributed by atoms with E-state index in [0.29, 0.717) is 17.6 Å². The van der Waals surface area contributed by atoms with Crippen molar-refractivity contribution >= 4 is 64.1 Å². The highest BCUT2D eigenvalue weighted by Crippen LogP contribution is 2.45. The van der Waals surface area contributed by atoms with Crippen LogP contribution in [-0.4, -0.2) is 19.5 Å². The lowest BCUT2D eigenvalue weighted by molar-refractivity contribution is 0.955. The second-order valence-corrected chi connectivity index (χ2v) is 14.7. The molecule has 3 aromatic heterocycles. The van der Waals surface area contributed by atoms with Crippen molar-refractivity contribution in [2.45, 2.75) is 0 Å². The molecule has 0 aliphatic rings. The van der Waals surface area contributed by atoms with Gasteiger partial charge >= 0.3 is 0 Å². The third-order valence-electron chi connectivity index (χ3n) is 10.5. The highest BCUT2D eigenvalue weighted by Gasteiger charge is 2.22. The van der Waals surface area contributed by atoms with Gasteiger partial charge in [-0.1, -0.05) is 158 Å². The maximum atomic E-state index is 5.25. The maximum Gasteiger partial charge on any atom is 0.238 e. The summed E-state index contributed by atoms with van der Waals surface area (Å²) in [5, 5.41) is 7.25. The molecule has 11 aromatic rings. The van der Waals surface area contributed by atoms with Crippen molar-refractivity contribution in [3.8, 4) is 51.0 Å². The molecule has 0 aliphatic carbocycles. The second kappa shape index (κ2) is 12.3. The van der Waals surface area contributed by atoms with Gasteiger partial charge in [0.2, 0.25) is 5.95 Å². The number of thiophene rings is 1. The number of aromatic nitrogens is 4. The van der Waals surface area contributed by atoms with Gasteiger partial charge in [-0.3, -0.25) is 4.57 Å². The van der Waals surface area contributed by atoms with Crippen LogP contribution in [0.5, 0.6) is 0 Å². The van der Waals surface area contributed by atoms with E-state index in [9.17, 15) is 0 Å². The fraction of sp³-hybridized carbons (Fsp3) is 0. The summed E-state index contributed by atoms with van der Waals surface area (Å²) >= 11 is 1.83. The Morgan fingerprint density at radius 1 is 0.389 bits per heavy atom. The van der Waals surface area contributed by atoms with Crippen LogP contribution in [-0.2, 0) is 0 Å². The van der Waals surface area contributed by atoms with Gasteiger partial charge in [0.15, 0.2) is 11.6 Å². The summed E-state index contributed by atoms with van der Waals surface area (Å²) in [6.45, 7) is 0. The monoisotopic (exact) mass is 706 g/mol. The number of rotatable bonds is 5. The molecule has 0 radical (unpaired) electrons. The van der Waals surface area contributed by atoms with Crippen LogP contribution >= 0.6 is 11.3 Å². The first-order valence-corrected chi connectivity index (χ1v) is 18.9. The van der Waals surface area contributed by atoms with Crippen LogP contribution in [0, 0.1) is 0 Å². The fourth-order valence-electron chi connectivity index (χ4n) is 7.89. The van der Waals surface area contributed by atoms with Gasteiger partial charge in [0.25, 0.3) is 0 Å². The van der Waals surface area contributed by atoms with Gasteiger partial charge in [-0.2, -0.15) is 9.97 Å². The molecule has 3 heterocycles. The lowest BCUT2D eigenvalue weighted by Crippen LogP contribution is -2.06. The number of fused-ring (bicyclic) bond motifs is 8. The predicted octanol–water partition coefficient (Wildman–Crippen LogP) is 13.2. The second-order valence-electron chi connectivity index (χ2n) is 13.6. The van der Waals surface area contributed by atoms with E-state index in [1.165, 1.54) is 53.2 Å². The molecule has 5 heteroatoms. The molecule has 0 fully saturated rings. The Morgan fingerprint density at radius 2 is 1.00 bits per heavy atom. The minimum Gasteiger partial charge on any atom is -0.276 e. The first-order chi connectivity index (χ1) is 26.8. The topological polar surface area (TPSA) is 43.6 Å². The summed E-state index contributed by atoms with van der Waals surface area (Å²) in [5.74, 6) is 1.87. The minimum absolute atomic E-state index is 0.593. The van der Waals surface area contributed by atoms with E-state index in [2.05, 4.69) is 150 Å². The lowest BCUT2D eigenvalue weighted by atomic mass is 9.97. The molecule has 0 saturated carbocycles. The van der Waals surface area contributed by atoms with E-state index in [1.807, 2.05) is 47.7 Å². The largest absolute Gasteiger partial charge is 0.276 e. The van der Waals surface area contributed by atoms with Crippen LogP contribution in [0.3, 0.4) is 0 Å². The first kappa shape index (κ1) is 30.7. The van der Waals surface area contributed by atoms with Crippen molar-refractivity contribution in [1.29, 1.82) is 0 Å². The summed E-state index contributed by atoms with van der Waals surface area (Å²) < 4.78 is 4.73. The van der Waals surface area contributed by atoms with Gasteiger partial charge in [0, 0.05) is 37.4 Å². The maximum absolute atomic E-state index is 5.25. The number of benzene rings is 8. The van der Waals surface area contributed by atoms with E-state index in [1.54, 1.807) is 0 Å². The van der Waals surface area contributed by atoms with E-state index in [-0.39, 0.29) is 0 Å². The lowest BCUT2D eigenvalue weighted by Gasteiger charge is -2.11. The van der Waals surface area contributed by atoms with E-state index in [4.69, 9.17) is 15.0 Å². The highest BCUT2D eigenvalue weighted by atomic mass is 32.1. The average Bonchev–Trinajstić information content (AvgIpc) is 3.79. The van der Waals surface area contributed by atoms with Crippen LogP contribution in [0.2, 0.25) is 0 Å². The third kappa shape index (κ3) is 4.94. The third-order valence-corrected chi connectivity index (χ3v) is 11.7. The Balaban J connectivity index is 1.24. The Kier molecular flexibility index (Phi) is 7.00. The van der Waals surface area contributed by atoms with Crippen molar-refractivity contribution in [1.82, 2.24) is 19.5 Å². The Bertz CT molecular complexity index is 3140. The smallest absolute Gasteiger partial charge is 0.238 e. The Morgan fingerprint density at radius 3 is 1.74 bits per heavy atom. The van der Waals surface area contributed by atoms with Gasteiger partial charge in [0.1, 0.15) is 0 Å². The van der Waals surface area contributed by atoms with Crippen molar-refractivity contribution in [2.24, 2.45) is 0 Å². The quantitative estimate of drug-likeness (QED) is 0.179. The van der Waals surface area contributed by atoms with Gasteiger partial charge in [-0.05, 0) is 57.3 Å². The summed E-state index contributed by atoms with van der Waals surface area (Å²) in [6.07, 6.45) is 0. The molecular formula is C49H30N4S. The Hall–Kier alpha value is -6.95. The Labute approximate surface area is 315 Å². The van der Waals surface area contributed by atoms with E-state index >= 15 is 0 Å². The highest BCUT2D eigenvalue weighted by molar-refractivity contribution is 7.26. The summed E-state index contributed by atoms with van der Waals surface area (Å²) in [5.41, 5.74) is 8.84. The normalized spacial score (nSPS) is 11.7. The molecule has 0 N–H and O–H groups in total. The van der Waals surface area contributed by atoms with Crippen molar-refractivity contribution in [3.05, 3.63) is 182 Å². The molecular weight excluding hydrogens is 677 g/mol. The molecule has 0 aliphatic heterocycles. The number of nitrogens with zero attached hydrogens (tertiary/aromatic N) is 4. The van der Waals surface area contributed by atoms with Gasteiger partial charge in [-0.15, -0.1) is 11.3 Å². The molecule has 0 spiro atoms. The van der Waals surface area contributed by atoms with Crippen LogP contribution in [0.4, 0.5) is 0 Å². The summed E-state index contributed by atoms with van der Waals surface area (Å²) in [6, 6.07) is 64.4. The molecule has 54 heavy (non-hydrogen) atoms. The molecule has 252 valence electrons. The van der Waals surface area contributed by atoms with Crippen LogP contribution in [0.15, 0.2) is 182 Å². The van der Waals surface area contributed by atoms with Gasteiger partial charge < -0.3 is 0 Å². The molecule has 8 aromatic carbocycles. The molecule has 0 amide bonds. The first-order valence-electron chi connectivity index (χ1n) is 18.1. The van der Waals surface area contributed by atoms with E-state index < -0.39 is 0 Å². The molecule has 4 nitrogen and oxygen atoms in total.